The molecule has 0 aromatic carbocycles. The van der Waals surface area contributed by atoms with Crippen LogP contribution in [0.25, 0.3) is 0 Å². The standard InChI is InChI=1S/C6H7BrF3N3O/c7-3-5-4-13(12-11-5)1-2-14-6(8,9)10/h4H,1-3H2. The maximum atomic E-state index is 11.6. The number of hydrogen-bond donors (Lipinski definition) is 0. The van der Waals surface area contributed by atoms with Crippen molar-refractivity contribution in [2.75, 3.05) is 6.61 Å². The summed E-state index contributed by atoms with van der Waals surface area (Å²) in [4.78, 5) is 0. The highest BCUT2D eigenvalue weighted by atomic mass is 79.9. The van der Waals surface area contributed by atoms with Crippen molar-refractivity contribution in [1.29, 1.82) is 0 Å². The van der Waals surface area contributed by atoms with E-state index in [1.807, 2.05) is 0 Å². The first-order valence-electron chi connectivity index (χ1n) is 3.67. The molecule has 4 nitrogen and oxygen atoms in total. The minimum absolute atomic E-state index is 0.0273. The van der Waals surface area contributed by atoms with E-state index in [-0.39, 0.29) is 6.54 Å². The topological polar surface area (TPSA) is 39.9 Å². The molecule has 0 bridgehead atoms. The molecule has 1 rings (SSSR count). The fraction of sp³-hybridized carbons (Fsp3) is 0.667. The third-order valence-electron chi connectivity index (χ3n) is 1.31. The van der Waals surface area contributed by atoms with E-state index in [1.165, 1.54) is 4.68 Å². The summed E-state index contributed by atoms with van der Waals surface area (Å²) < 4.78 is 39.5. The molecule has 0 amide bonds. The second-order valence-electron chi connectivity index (χ2n) is 2.40. The van der Waals surface area contributed by atoms with Crippen LogP contribution in [-0.4, -0.2) is 28.0 Å². The van der Waals surface area contributed by atoms with Gasteiger partial charge < -0.3 is 0 Å². The lowest BCUT2D eigenvalue weighted by Crippen LogP contribution is -2.17. The first-order chi connectivity index (χ1) is 6.51. The van der Waals surface area contributed by atoms with Crippen LogP contribution in [-0.2, 0) is 16.6 Å². The molecule has 0 saturated carbocycles. The largest absolute Gasteiger partial charge is 0.522 e. The highest BCUT2D eigenvalue weighted by Gasteiger charge is 2.28. The minimum atomic E-state index is -4.58. The smallest absolute Gasteiger partial charge is 0.290 e. The van der Waals surface area contributed by atoms with Crippen LogP contribution in [0.1, 0.15) is 5.69 Å². The highest BCUT2D eigenvalue weighted by molar-refractivity contribution is 9.08. The molecule has 14 heavy (non-hydrogen) atoms. The Morgan fingerprint density at radius 1 is 1.50 bits per heavy atom. The third kappa shape index (κ3) is 4.05. The lowest BCUT2D eigenvalue weighted by Gasteiger charge is -2.06. The van der Waals surface area contributed by atoms with Crippen molar-refractivity contribution in [3.63, 3.8) is 0 Å². The molecular weight excluding hydrogens is 267 g/mol. The van der Waals surface area contributed by atoms with E-state index in [0.29, 0.717) is 11.0 Å². The maximum Gasteiger partial charge on any atom is 0.522 e. The van der Waals surface area contributed by atoms with E-state index in [1.54, 1.807) is 6.20 Å². The van der Waals surface area contributed by atoms with Crippen molar-refractivity contribution in [3.05, 3.63) is 11.9 Å². The van der Waals surface area contributed by atoms with Gasteiger partial charge in [0.25, 0.3) is 0 Å². The Bertz CT molecular complexity index is 288. The summed E-state index contributed by atoms with van der Waals surface area (Å²) in [7, 11) is 0. The lowest BCUT2D eigenvalue weighted by atomic mass is 10.5. The number of nitrogens with zero attached hydrogens (tertiary/aromatic N) is 3. The van der Waals surface area contributed by atoms with Crippen LogP contribution in [0.4, 0.5) is 13.2 Å². The van der Waals surface area contributed by atoms with Crippen molar-refractivity contribution in [1.82, 2.24) is 15.0 Å². The summed E-state index contributed by atoms with van der Waals surface area (Å²) in [6.45, 7) is -0.436. The molecule has 0 spiro atoms. The van der Waals surface area contributed by atoms with Crippen LogP contribution in [0, 0.1) is 0 Å². The molecule has 0 radical (unpaired) electrons. The van der Waals surface area contributed by atoms with Crippen molar-refractivity contribution in [3.8, 4) is 0 Å². The quantitative estimate of drug-likeness (QED) is 0.785. The molecule has 0 atom stereocenters. The average molecular weight is 274 g/mol. The van der Waals surface area contributed by atoms with Crippen LogP contribution >= 0.6 is 15.9 Å². The molecule has 8 heteroatoms. The fourth-order valence-corrected chi connectivity index (χ4v) is 1.02. The molecule has 0 fully saturated rings. The predicted octanol–water partition coefficient (Wildman–Crippen LogP) is 1.71. The predicted molar refractivity (Wildman–Crippen MR) is 44.7 cm³/mol. The third-order valence-corrected chi connectivity index (χ3v) is 1.88. The van der Waals surface area contributed by atoms with Gasteiger partial charge in [-0.1, -0.05) is 21.1 Å². The van der Waals surface area contributed by atoms with E-state index in [2.05, 4.69) is 31.0 Å². The Hall–Kier alpha value is -0.630. The monoisotopic (exact) mass is 273 g/mol. The summed E-state index contributed by atoms with van der Waals surface area (Å²) in [5, 5.41) is 7.80. The zero-order valence-electron chi connectivity index (χ0n) is 6.96. The summed E-state index contributed by atoms with van der Waals surface area (Å²) in [5.74, 6) is 0. The molecular formula is C6H7BrF3N3O. The molecule has 0 aliphatic heterocycles. The number of hydrogen-bond acceptors (Lipinski definition) is 3. The van der Waals surface area contributed by atoms with E-state index in [0.717, 1.165) is 0 Å². The maximum absolute atomic E-state index is 11.6. The molecule has 1 aromatic rings. The number of ether oxygens (including phenoxy) is 1. The number of halogens is 4. The van der Waals surface area contributed by atoms with Crippen LogP contribution < -0.4 is 0 Å². The molecule has 0 aliphatic rings. The summed E-state index contributed by atoms with van der Waals surface area (Å²) in [6.07, 6.45) is -3.03. The summed E-state index contributed by atoms with van der Waals surface area (Å²) in [5.41, 5.74) is 0.664. The van der Waals surface area contributed by atoms with Crippen LogP contribution in [0.15, 0.2) is 6.20 Å². The Balaban J connectivity index is 2.31. The van der Waals surface area contributed by atoms with E-state index in [9.17, 15) is 13.2 Å². The van der Waals surface area contributed by atoms with Crippen molar-refractivity contribution < 1.29 is 17.9 Å². The Kier molecular flexibility index (Phi) is 3.87. The Morgan fingerprint density at radius 2 is 2.21 bits per heavy atom. The highest BCUT2D eigenvalue weighted by Crippen LogP contribution is 2.15. The Morgan fingerprint density at radius 3 is 2.71 bits per heavy atom. The van der Waals surface area contributed by atoms with Gasteiger partial charge >= 0.3 is 6.36 Å². The van der Waals surface area contributed by atoms with Crippen molar-refractivity contribution in [2.45, 2.75) is 18.2 Å². The number of alkyl halides is 4. The second-order valence-corrected chi connectivity index (χ2v) is 2.96. The lowest BCUT2D eigenvalue weighted by molar-refractivity contribution is -0.325. The zero-order valence-corrected chi connectivity index (χ0v) is 8.55. The SMILES string of the molecule is FC(F)(F)OCCn1cc(CBr)nn1. The van der Waals surface area contributed by atoms with Crippen LogP contribution in [0.3, 0.4) is 0 Å². The zero-order chi connectivity index (χ0) is 10.6. The van der Waals surface area contributed by atoms with Gasteiger partial charge in [0.2, 0.25) is 0 Å². The Labute approximate surface area is 86.2 Å². The summed E-state index contributed by atoms with van der Waals surface area (Å²) in [6, 6.07) is 0. The van der Waals surface area contributed by atoms with Gasteiger partial charge in [0.05, 0.1) is 18.8 Å². The van der Waals surface area contributed by atoms with Gasteiger partial charge in [-0.3, -0.25) is 4.74 Å². The molecule has 80 valence electrons. The molecule has 1 heterocycles. The molecule has 0 aliphatic carbocycles. The van der Waals surface area contributed by atoms with E-state index in [4.69, 9.17) is 0 Å². The van der Waals surface area contributed by atoms with Gasteiger partial charge in [0.1, 0.15) is 0 Å². The van der Waals surface area contributed by atoms with Crippen LogP contribution in [0.2, 0.25) is 0 Å². The van der Waals surface area contributed by atoms with Crippen molar-refractivity contribution >= 4 is 15.9 Å². The minimum Gasteiger partial charge on any atom is -0.290 e. The summed E-state index contributed by atoms with van der Waals surface area (Å²) >= 11 is 3.14. The van der Waals surface area contributed by atoms with Gasteiger partial charge in [0, 0.05) is 11.5 Å². The molecule has 0 saturated heterocycles. The fourth-order valence-electron chi connectivity index (χ4n) is 0.764. The second kappa shape index (κ2) is 4.74. The first-order valence-corrected chi connectivity index (χ1v) is 4.79. The van der Waals surface area contributed by atoms with Crippen LogP contribution in [0.5, 0.6) is 0 Å². The number of aromatic nitrogens is 3. The van der Waals surface area contributed by atoms with Gasteiger partial charge in [-0.05, 0) is 0 Å². The van der Waals surface area contributed by atoms with Gasteiger partial charge in [-0.2, -0.15) is 0 Å². The van der Waals surface area contributed by atoms with Gasteiger partial charge in [-0.25, -0.2) is 4.68 Å². The number of rotatable bonds is 4. The average Bonchev–Trinajstić information content (AvgIpc) is 2.50. The van der Waals surface area contributed by atoms with Gasteiger partial charge in [0.15, 0.2) is 0 Å². The normalized spacial score (nSPS) is 12.0. The van der Waals surface area contributed by atoms with E-state index < -0.39 is 13.0 Å². The van der Waals surface area contributed by atoms with Crippen molar-refractivity contribution in [2.24, 2.45) is 0 Å². The van der Waals surface area contributed by atoms with Gasteiger partial charge in [-0.15, -0.1) is 18.3 Å². The molecule has 0 unspecified atom stereocenters. The first kappa shape index (κ1) is 11.4. The molecule has 1 aromatic heterocycles. The van der Waals surface area contributed by atoms with E-state index >= 15 is 0 Å². The molecule has 0 N–H and O–H groups in total.